The van der Waals surface area contributed by atoms with Crippen molar-refractivity contribution in [1.29, 1.82) is 0 Å². The zero-order chi connectivity index (χ0) is 19.6. The first-order valence-electron chi connectivity index (χ1n) is 9.29. The number of ketones is 1. The number of Topliss-reactive ketones (excluding diaryl/α,β-unsaturated/α-hetero) is 1. The smallest absolute Gasteiger partial charge is 0.320 e. The molecule has 0 unspecified atom stereocenters. The molecule has 1 fully saturated rings. The average molecular weight is 370 g/mol. The van der Waals surface area contributed by atoms with E-state index in [-0.39, 0.29) is 31.7 Å². The Kier molecular flexibility index (Phi) is 9.30. The van der Waals surface area contributed by atoms with Crippen molar-refractivity contribution in [1.82, 2.24) is 0 Å². The predicted octanol–water partition coefficient (Wildman–Crippen LogP) is 2.59. The summed E-state index contributed by atoms with van der Waals surface area (Å²) >= 11 is 0. The quantitative estimate of drug-likeness (QED) is 0.403. The summed E-state index contributed by atoms with van der Waals surface area (Å²) in [5, 5.41) is 0. The molecule has 0 radical (unpaired) electrons. The van der Waals surface area contributed by atoms with E-state index >= 15 is 0 Å². The molecule has 1 rings (SSSR count). The van der Waals surface area contributed by atoms with Crippen molar-refractivity contribution in [3.05, 3.63) is 0 Å². The first kappa shape index (κ1) is 22.1. The minimum absolute atomic E-state index is 0.114. The summed E-state index contributed by atoms with van der Waals surface area (Å²) in [7, 11) is 2.42. The van der Waals surface area contributed by atoms with Crippen LogP contribution in [0.25, 0.3) is 0 Å². The molecule has 0 aromatic heterocycles. The summed E-state index contributed by atoms with van der Waals surface area (Å²) in [5.74, 6) is -3.22. The molecule has 7 nitrogen and oxygen atoms in total. The van der Waals surface area contributed by atoms with Gasteiger partial charge in [0.2, 0.25) is 0 Å². The minimum Gasteiger partial charge on any atom is -0.469 e. The number of hydrogen-bond donors (Lipinski definition) is 0. The van der Waals surface area contributed by atoms with Crippen molar-refractivity contribution in [3.8, 4) is 0 Å². The first-order chi connectivity index (χ1) is 12.4. The van der Waals surface area contributed by atoms with E-state index in [1.165, 1.54) is 14.2 Å². The highest BCUT2D eigenvalue weighted by molar-refractivity contribution is 6.07. The maximum Gasteiger partial charge on any atom is 0.320 e. The summed E-state index contributed by atoms with van der Waals surface area (Å²) in [6.45, 7) is 1.89. The third kappa shape index (κ3) is 5.29. The normalized spacial score (nSPS) is 24.4. The van der Waals surface area contributed by atoms with E-state index in [0.29, 0.717) is 19.3 Å². The van der Waals surface area contributed by atoms with Gasteiger partial charge in [0, 0.05) is 12.8 Å². The highest BCUT2D eigenvalue weighted by Crippen LogP contribution is 2.42. The van der Waals surface area contributed by atoms with Crippen LogP contribution in [0.4, 0.5) is 0 Å². The Morgan fingerprint density at radius 1 is 1.04 bits per heavy atom. The summed E-state index contributed by atoms with van der Waals surface area (Å²) in [4.78, 5) is 50.2. The van der Waals surface area contributed by atoms with Crippen LogP contribution in [0.5, 0.6) is 0 Å². The van der Waals surface area contributed by atoms with E-state index in [2.05, 4.69) is 0 Å². The summed E-state index contributed by atoms with van der Waals surface area (Å²) in [6, 6.07) is 0. The molecule has 0 heterocycles. The zero-order valence-electron chi connectivity index (χ0n) is 16.0. The van der Waals surface area contributed by atoms with Gasteiger partial charge in [-0.1, -0.05) is 25.7 Å². The topological polar surface area (TPSA) is 96.0 Å². The van der Waals surface area contributed by atoms with Crippen LogP contribution in [0.2, 0.25) is 0 Å². The second-order valence-electron chi connectivity index (χ2n) is 6.57. The Morgan fingerprint density at radius 3 is 2.31 bits per heavy atom. The Balaban J connectivity index is 3.32. The molecule has 0 aromatic carbocycles. The lowest BCUT2D eigenvalue weighted by Gasteiger charge is -2.36. The van der Waals surface area contributed by atoms with Crippen LogP contribution in [0.3, 0.4) is 0 Å². The van der Waals surface area contributed by atoms with Crippen LogP contribution in [0.15, 0.2) is 0 Å². The van der Waals surface area contributed by atoms with Gasteiger partial charge in [0.1, 0.15) is 5.41 Å². The predicted molar refractivity (Wildman–Crippen MR) is 93.1 cm³/mol. The van der Waals surface area contributed by atoms with Gasteiger partial charge in [0.25, 0.3) is 0 Å². The molecule has 0 amide bonds. The molecule has 2 atom stereocenters. The summed E-state index contributed by atoms with van der Waals surface area (Å²) in [6.07, 6.45) is 4.40. The van der Waals surface area contributed by atoms with Crippen molar-refractivity contribution in [3.63, 3.8) is 0 Å². The minimum atomic E-state index is -1.70. The molecule has 0 N–H and O–H groups in total. The SMILES string of the molecule is CCOC(=O)CC[C@@]1(C(=O)OC)C(=O)CCCCCCC[C@H]1C(=O)OC. The Morgan fingerprint density at radius 2 is 1.69 bits per heavy atom. The lowest BCUT2D eigenvalue weighted by molar-refractivity contribution is -0.173. The van der Waals surface area contributed by atoms with Crippen LogP contribution < -0.4 is 0 Å². The Hall–Kier alpha value is -1.92. The van der Waals surface area contributed by atoms with Gasteiger partial charge in [0.05, 0.1) is 26.7 Å². The van der Waals surface area contributed by atoms with Crippen LogP contribution in [-0.4, -0.2) is 44.5 Å². The Labute approximate surface area is 154 Å². The maximum absolute atomic E-state index is 13.1. The third-order valence-corrected chi connectivity index (χ3v) is 5.05. The summed E-state index contributed by atoms with van der Waals surface area (Å²) < 4.78 is 14.8. The van der Waals surface area contributed by atoms with Gasteiger partial charge in [0.15, 0.2) is 5.78 Å². The van der Waals surface area contributed by atoms with E-state index in [4.69, 9.17) is 14.2 Å². The van der Waals surface area contributed by atoms with Gasteiger partial charge in [-0.25, -0.2) is 0 Å². The van der Waals surface area contributed by atoms with Crippen molar-refractivity contribution >= 4 is 23.7 Å². The van der Waals surface area contributed by atoms with Crippen LogP contribution in [-0.2, 0) is 33.4 Å². The third-order valence-electron chi connectivity index (χ3n) is 5.05. The zero-order valence-corrected chi connectivity index (χ0v) is 16.0. The number of ether oxygens (including phenoxy) is 3. The van der Waals surface area contributed by atoms with Gasteiger partial charge in [-0.3, -0.25) is 19.2 Å². The fourth-order valence-electron chi connectivity index (χ4n) is 3.68. The maximum atomic E-state index is 13.1. The molecule has 148 valence electrons. The number of carbonyl (C=O) groups is 4. The van der Waals surface area contributed by atoms with Crippen LogP contribution >= 0.6 is 0 Å². The monoisotopic (exact) mass is 370 g/mol. The van der Waals surface area contributed by atoms with Gasteiger partial charge < -0.3 is 14.2 Å². The van der Waals surface area contributed by atoms with Gasteiger partial charge in [-0.05, 0) is 26.2 Å². The molecule has 0 saturated heterocycles. The molecule has 0 bridgehead atoms. The second kappa shape index (κ2) is 10.9. The van der Waals surface area contributed by atoms with E-state index in [9.17, 15) is 19.2 Å². The summed E-state index contributed by atoms with van der Waals surface area (Å²) in [5.41, 5.74) is -1.70. The number of hydrogen-bond acceptors (Lipinski definition) is 7. The van der Waals surface area contributed by atoms with Crippen molar-refractivity contribution in [2.24, 2.45) is 11.3 Å². The second-order valence-corrected chi connectivity index (χ2v) is 6.57. The molecular formula is C19H30O7. The lowest BCUT2D eigenvalue weighted by Crippen LogP contribution is -2.50. The highest BCUT2D eigenvalue weighted by atomic mass is 16.5. The molecule has 0 aliphatic heterocycles. The van der Waals surface area contributed by atoms with E-state index in [1.54, 1.807) is 6.92 Å². The fourth-order valence-corrected chi connectivity index (χ4v) is 3.68. The molecule has 7 heteroatoms. The van der Waals surface area contributed by atoms with Crippen LogP contribution in [0, 0.1) is 11.3 Å². The Bertz CT molecular complexity index is 514. The van der Waals surface area contributed by atoms with E-state index in [1.807, 2.05) is 0 Å². The lowest BCUT2D eigenvalue weighted by atomic mass is 9.65. The molecule has 1 saturated carbocycles. The molecule has 1 aliphatic rings. The van der Waals surface area contributed by atoms with E-state index < -0.39 is 29.2 Å². The first-order valence-corrected chi connectivity index (χ1v) is 9.29. The van der Waals surface area contributed by atoms with Gasteiger partial charge >= 0.3 is 17.9 Å². The van der Waals surface area contributed by atoms with Crippen LogP contribution in [0.1, 0.15) is 64.7 Å². The number of carbonyl (C=O) groups excluding carboxylic acids is 4. The van der Waals surface area contributed by atoms with Gasteiger partial charge in [-0.15, -0.1) is 0 Å². The number of esters is 3. The molecule has 0 aromatic rings. The molecule has 0 spiro atoms. The number of rotatable bonds is 6. The van der Waals surface area contributed by atoms with Crippen molar-refractivity contribution in [2.75, 3.05) is 20.8 Å². The molecule has 1 aliphatic carbocycles. The standard InChI is InChI=1S/C19H30O7/c1-4-26-16(21)12-13-19(18(23)25-3)14(17(22)24-2)10-8-6-5-7-9-11-15(19)20/h14H,4-13H2,1-3H3/t14-,19-/m0/s1. The van der Waals surface area contributed by atoms with Gasteiger partial charge in [-0.2, -0.15) is 0 Å². The fraction of sp³-hybridized carbons (Fsp3) is 0.789. The average Bonchev–Trinajstić information content (AvgIpc) is 2.64. The van der Waals surface area contributed by atoms with Crippen molar-refractivity contribution < 1.29 is 33.4 Å². The molecular weight excluding hydrogens is 340 g/mol. The number of methoxy groups -OCH3 is 2. The molecule has 26 heavy (non-hydrogen) atoms. The van der Waals surface area contributed by atoms with E-state index in [0.717, 1.165) is 19.3 Å². The largest absolute Gasteiger partial charge is 0.469 e. The highest BCUT2D eigenvalue weighted by Gasteiger charge is 2.55. The van der Waals surface area contributed by atoms with Crippen molar-refractivity contribution in [2.45, 2.75) is 64.7 Å².